The number of carbonyl (C=O) groups excluding carboxylic acids is 2. The lowest BCUT2D eigenvalue weighted by molar-refractivity contribution is -0.129. The topological polar surface area (TPSA) is 82.7 Å². The van der Waals surface area contributed by atoms with Crippen molar-refractivity contribution in [1.29, 1.82) is 0 Å². The molecule has 0 bridgehead atoms. The lowest BCUT2D eigenvalue weighted by Gasteiger charge is -2.37. The molecule has 2 aromatic rings. The van der Waals surface area contributed by atoms with Crippen LogP contribution in [0, 0.1) is 24.7 Å². The number of anilines is 1. The summed E-state index contributed by atoms with van der Waals surface area (Å²) in [6.45, 7) is 13.1. The summed E-state index contributed by atoms with van der Waals surface area (Å²) < 4.78 is 5.66. The van der Waals surface area contributed by atoms with Gasteiger partial charge in [0, 0.05) is 56.2 Å². The number of ether oxygens (including phenoxy) is 1. The number of hydrogen-bond donors (Lipinski definition) is 3. The molecule has 3 N–H and O–H groups in total. The second-order valence-corrected chi connectivity index (χ2v) is 12.5. The highest BCUT2D eigenvalue weighted by Gasteiger charge is 2.33. The van der Waals surface area contributed by atoms with Crippen molar-refractivity contribution in [3.8, 4) is 11.1 Å². The van der Waals surface area contributed by atoms with Gasteiger partial charge in [0.1, 0.15) is 0 Å². The normalized spacial score (nSPS) is 23.2. The second-order valence-electron chi connectivity index (χ2n) is 12.5. The number of hydrogen-bond acceptors (Lipinski definition) is 5. The highest BCUT2D eigenvalue weighted by Crippen LogP contribution is 2.34. The van der Waals surface area contributed by atoms with E-state index in [2.05, 4.69) is 72.0 Å². The summed E-state index contributed by atoms with van der Waals surface area (Å²) in [4.78, 5) is 28.9. The maximum atomic E-state index is 13.8. The molecule has 2 saturated heterocycles. The summed E-state index contributed by atoms with van der Waals surface area (Å²) in [7, 11) is 0. The highest BCUT2D eigenvalue weighted by molar-refractivity contribution is 5.99. The number of rotatable bonds is 11. The van der Waals surface area contributed by atoms with Crippen molar-refractivity contribution in [3.63, 3.8) is 0 Å². The summed E-state index contributed by atoms with van der Waals surface area (Å²) >= 11 is 0. The lowest BCUT2D eigenvalue weighted by atomic mass is 9.84. The molecule has 1 saturated carbocycles. The fraction of sp³-hybridized carbons (Fsp3) is 0.588. The minimum atomic E-state index is -0.214. The molecule has 3 unspecified atom stereocenters. The predicted octanol–water partition coefficient (Wildman–Crippen LogP) is 5.06. The van der Waals surface area contributed by atoms with Gasteiger partial charge in [0.15, 0.2) is 0 Å². The largest absolute Gasteiger partial charge is 0.381 e. The number of nitrogens with zero attached hydrogens (tertiary/aromatic N) is 1. The minimum absolute atomic E-state index is 0.0334. The van der Waals surface area contributed by atoms with E-state index < -0.39 is 0 Å². The maximum Gasteiger partial charge on any atom is 0.251 e. The molecule has 0 spiro atoms. The molecule has 2 aliphatic heterocycles. The van der Waals surface area contributed by atoms with Gasteiger partial charge in [-0.1, -0.05) is 31.2 Å². The average Bonchev–Trinajstić information content (AvgIpc) is 3.79. The van der Waals surface area contributed by atoms with Crippen LogP contribution in [0.25, 0.3) is 11.1 Å². The second kappa shape index (κ2) is 13.4. The molecule has 2 amide bonds. The van der Waals surface area contributed by atoms with Crippen LogP contribution in [-0.4, -0.2) is 56.7 Å². The van der Waals surface area contributed by atoms with Crippen molar-refractivity contribution < 1.29 is 14.3 Å². The molecule has 2 aromatic carbocycles. The van der Waals surface area contributed by atoms with Gasteiger partial charge in [-0.2, -0.15) is 0 Å². The van der Waals surface area contributed by atoms with Crippen LogP contribution in [0.1, 0.15) is 74.4 Å². The summed E-state index contributed by atoms with van der Waals surface area (Å²) in [6.07, 6.45) is 5.59. The molecule has 3 atom stereocenters. The Kier molecular flexibility index (Phi) is 9.66. The van der Waals surface area contributed by atoms with E-state index in [1.807, 2.05) is 13.0 Å². The quantitative estimate of drug-likeness (QED) is 0.358. The predicted molar refractivity (Wildman–Crippen MR) is 165 cm³/mol. The zero-order valence-corrected chi connectivity index (χ0v) is 25.3. The Bertz CT molecular complexity index is 1200. The Morgan fingerprint density at radius 2 is 1.76 bits per heavy atom. The van der Waals surface area contributed by atoms with Gasteiger partial charge in [0.2, 0.25) is 5.91 Å². The minimum Gasteiger partial charge on any atom is -0.381 e. The van der Waals surface area contributed by atoms with Crippen molar-refractivity contribution in [2.45, 2.75) is 78.4 Å². The van der Waals surface area contributed by atoms with Gasteiger partial charge in [-0.3, -0.25) is 9.59 Å². The van der Waals surface area contributed by atoms with Gasteiger partial charge in [-0.15, -0.1) is 0 Å². The van der Waals surface area contributed by atoms with Gasteiger partial charge < -0.3 is 25.6 Å². The third-order valence-corrected chi connectivity index (χ3v) is 9.27. The Balaban J connectivity index is 1.41. The number of carbonyl (C=O) groups is 2. The van der Waals surface area contributed by atoms with Gasteiger partial charge in [-0.25, -0.2) is 0 Å². The summed E-state index contributed by atoms with van der Waals surface area (Å²) in [6, 6.07) is 13.6. The smallest absolute Gasteiger partial charge is 0.251 e. The maximum absolute atomic E-state index is 13.8. The number of nitrogens with one attached hydrogen (secondary N) is 3. The van der Waals surface area contributed by atoms with Crippen LogP contribution in [0.3, 0.4) is 0 Å². The molecule has 222 valence electrons. The summed E-state index contributed by atoms with van der Waals surface area (Å²) in [5, 5.41) is 9.75. The third-order valence-electron chi connectivity index (χ3n) is 9.27. The van der Waals surface area contributed by atoms with E-state index >= 15 is 0 Å². The van der Waals surface area contributed by atoms with E-state index in [1.54, 1.807) is 0 Å². The third kappa shape index (κ3) is 7.31. The zero-order valence-electron chi connectivity index (χ0n) is 25.3. The molecule has 0 aromatic heterocycles. The van der Waals surface area contributed by atoms with E-state index in [9.17, 15) is 9.59 Å². The van der Waals surface area contributed by atoms with Crippen LogP contribution in [-0.2, 0) is 16.1 Å². The van der Waals surface area contributed by atoms with Crippen molar-refractivity contribution in [2.24, 2.45) is 17.8 Å². The van der Waals surface area contributed by atoms with E-state index in [0.717, 1.165) is 80.4 Å². The van der Waals surface area contributed by atoms with Gasteiger partial charge >= 0.3 is 0 Å². The molecule has 41 heavy (non-hydrogen) atoms. The average molecular weight is 561 g/mol. The first-order valence-corrected chi connectivity index (χ1v) is 15.7. The van der Waals surface area contributed by atoms with Crippen molar-refractivity contribution in [3.05, 3.63) is 53.1 Å². The number of piperidine rings is 1. The lowest BCUT2D eigenvalue weighted by Crippen LogP contribution is -2.50. The van der Waals surface area contributed by atoms with Gasteiger partial charge in [-0.05, 0) is 106 Å². The van der Waals surface area contributed by atoms with Crippen molar-refractivity contribution >= 4 is 17.5 Å². The Morgan fingerprint density at radius 3 is 2.41 bits per heavy atom. The monoisotopic (exact) mass is 560 g/mol. The highest BCUT2D eigenvalue weighted by atomic mass is 16.5. The van der Waals surface area contributed by atoms with Gasteiger partial charge in [0.25, 0.3) is 5.91 Å². The molecule has 0 radical (unpaired) electrons. The number of amides is 2. The van der Waals surface area contributed by atoms with E-state index in [0.29, 0.717) is 18.2 Å². The van der Waals surface area contributed by atoms with Crippen molar-refractivity contribution in [2.75, 3.05) is 37.7 Å². The van der Waals surface area contributed by atoms with Crippen molar-refractivity contribution in [1.82, 2.24) is 16.0 Å². The molecule has 7 nitrogen and oxygen atoms in total. The molecule has 2 heterocycles. The van der Waals surface area contributed by atoms with Crippen LogP contribution in [0.5, 0.6) is 0 Å². The molecule has 1 aliphatic carbocycles. The number of benzene rings is 2. The molecule has 3 aliphatic rings. The summed E-state index contributed by atoms with van der Waals surface area (Å²) in [5.41, 5.74) is 6.17. The molecule has 7 heteroatoms. The van der Waals surface area contributed by atoms with Gasteiger partial charge in [0.05, 0.1) is 5.92 Å². The first-order valence-electron chi connectivity index (χ1n) is 15.7. The standard InChI is InChI=1S/C34H48N4O3/c1-5-38(29-12-14-41-15-13-29)32-18-28(27-10-8-26(9-11-27)20-35-19-25-6-7-25)17-30(24(32)4)33(39)36-21-31-22(2)16-23(3)37-34(31)40/h8-11,17-18,22-23,25,29,31,35H,5-7,12-16,19-21H2,1-4H3,(H,36,39)(H,37,40). The summed E-state index contributed by atoms with van der Waals surface area (Å²) in [5.74, 6) is 0.789. The Labute approximate surface area is 245 Å². The van der Waals surface area contributed by atoms with E-state index in [1.165, 1.54) is 18.4 Å². The van der Waals surface area contributed by atoms with E-state index in [4.69, 9.17) is 4.74 Å². The van der Waals surface area contributed by atoms with Crippen LogP contribution in [0.2, 0.25) is 0 Å². The Morgan fingerprint density at radius 1 is 1.02 bits per heavy atom. The SMILES string of the molecule is CCN(c1cc(-c2ccc(CNCC3CC3)cc2)cc(C(=O)NCC2C(=O)NC(C)CC2C)c1C)C1CCOCC1. The molecular weight excluding hydrogens is 512 g/mol. The van der Waals surface area contributed by atoms with Crippen LogP contribution in [0.4, 0.5) is 5.69 Å². The molecule has 3 fully saturated rings. The first-order chi connectivity index (χ1) is 19.8. The molecule has 5 rings (SSSR count). The first kappa shape index (κ1) is 29.6. The van der Waals surface area contributed by atoms with Crippen LogP contribution < -0.4 is 20.9 Å². The Hall–Kier alpha value is -2.90. The van der Waals surface area contributed by atoms with E-state index in [-0.39, 0.29) is 29.7 Å². The fourth-order valence-corrected chi connectivity index (χ4v) is 6.56. The van der Waals surface area contributed by atoms with Crippen LogP contribution >= 0.6 is 0 Å². The molecular formula is C34H48N4O3. The zero-order chi connectivity index (χ0) is 28.9. The van der Waals surface area contributed by atoms with Crippen LogP contribution in [0.15, 0.2) is 36.4 Å². The fourth-order valence-electron chi connectivity index (χ4n) is 6.56.